The molecule has 4 N–H and O–H groups in total. The SMILES string of the molecule is CCCCCCCCCC(=O)O[C@H]1[C@@H](O[C@]2(COC(=O)C(C)CC)O[C@H](CO)[C@@H](O)[C@@H]2OC(=O)C(C)CC)O[C@H](CO)[C@@H](O)[C@@H]1OC(=O)C(C)C. The molecule has 0 radical (unpaired) electrons. The van der Waals surface area contributed by atoms with Crippen LogP contribution in [-0.2, 0) is 52.3 Å². The average Bonchev–Trinajstić information content (AvgIpc) is 3.37. The van der Waals surface area contributed by atoms with E-state index in [2.05, 4.69) is 6.92 Å². The van der Waals surface area contributed by atoms with Crippen LogP contribution in [0.5, 0.6) is 0 Å². The van der Waals surface area contributed by atoms with Crippen molar-refractivity contribution in [3.8, 4) is 0 Å². The molecule has 15 nitrogen and oxygen atoms in total. The van der Waals surface area contributed by atoms with Crippen molar-refractivity contribution >= 4 is 23.9 Å². The summed E-state index contributed by atoms with van der Waals surface area (Å²) in [6.45, 7) is 9.66. The summed E-state index contributed by atoms with van der Waals surface area (Å²) in [5.41, 5.74) is 0. The van der Waals surface area contributed by atoms with Gasteiger partial charge in [0.15, 0.2) is 18.3 Å². The predicted molar refractivity (Wildman–Crippen MR) is 180 cm³/mol. The summed E-state index contributed by atoms with van der Waals surface area (Å²) >= 11 is 0. The first-order valence-corrected chi connectivity index (χ1v) is 18.6. The summed E-state index contributed by atoms with van der Waals surface area (Å²) in [6, 6.07) is 0. The quantitative estimate of drug-likeness (QED) is 0.0715. The molecule has 0 aromatic heterocycles. The zero-order valence-electron chi connectivity index (χ0n) is 31.3. The number of hydrogen-bond acceptors (Lipinski definition) is 15. The van der Waals surface area contributed by atoms with Gasteiger partial charge in [-0.3, -0.25) is 19.2 Å². The number of carbonyl (C=O) groups excluding carboxylic acids is 4. The molecule has 51 heavy (non-hydrogen) atoms. The van der Waals surface area contributed by atoms with Crippen LogP contribution < -0.4 is 0 Å². The van der Waals surface area contributed by atoms with Crippen molar-refractivity contribution in [3.05, 3.63) is 0 Å². The van der Waals surface area contributed by atoms with Crippen LogP contribution in [0.4, 0.5) is 0 Å². The number of unbranched alkanes of at least 4 members (excludes halogenated alkanes) is 6. The summed E-state index contributed by atoms with van der Waals surface area (Å²) in [5, 5.41) is 42.7. The minimum Gasteiger partial charge on any atom is -0.460 e. The summed E-state index contributed by atoms with van der Waals surface area (Å²) in [7, 11) is 0. The van der Waals surface area contributed by atoms with Gasteiger partial charge < -0.3 is 53.6 Å². The Labute approximate surface area is 301 Å². The van der Waals surface area contributed by atoms with Crippen LogP contribution >= 0.6 is 0 Å². The standard InChI is InChI=1S/C36H62O15/c1-8-11-12-13-14-15-16-17-26(39)47-30-29(48-32(42)21(4)5)27(40)24(18-37)46-35(30)51-36(20-45-33(43)22(6)9-2)31(28(41)25(19-38)50-36)49-34(44)23(7)10-3/h21-25,27-31,35,37-38,40-41H,8-20H2,1-7H3/t22?,23?,24-,25-,27-,28-,29+,30-,31+,35-,36+/m1/s1. The number of aliphatic hydroxyl groups is 4. The second-order valence-electron chi connectivity index (χ2n) is 13.9. The van der Waals surface area contributed by atoms with Gasteiger partial charge in [-0.1, -0.05) is 87.0 Å². The molecule has 2 aliphatic heterocycles. The molecule has 0 aliphatic carbocycles. The molecular formula is C36H62O15. The van der Waals surface area contributed by atoms with E-state index in [0.717, 1.165) is 38.5 Å². The second-order valence-corrected chi connectivity index (χ2v) is 13.9. The fourth-order valence-corrected chi connectivity index (χ4v) is 5.59. The van der Waals surface area contributed by atoms with Gasteiger partial charge in [0, 0.05) is 6.42 Å². The Morgan fingerprint density at radius 3 is 1.86 bits per heavy atom. The van der Waals surface area contributed by atoms with Gasteiger partial charge in [0.2, 0.25) is 12.1 Å². The van der Waals surface area contributed by atoms with Crippen LogP contribution in [0.3, 0.4) is 0 Å². The van der Waals surface area contributed by atoms with E-state index in [-0.39, 0.29) is 6.42 Å². The molecule has 0 aromatic carbocycles. The highest BCUT2D eigenvalue weighted by Crippen LogP contribution is 2.40. The Morgan fingerprint density at radius 1 is 0.706 bits per heavy atom. The number of esters is 4. The maximum absolute atomic E-state index is 13.3. The maximum Gasteiger partial charge on any atom is 0.309 e. The largest absolute Gasteiger partial charge is 0.460 e. The highest BCUT2D eigenvalue weighted by molar-refractivity contribution is 5.73. The summed E-state index contributed by atoms with van der Waals surface area (Å²) in [4.78, 5) is 52.1. The van der Waals surface area contributed by atoms with E-state index in [1.807, 2.05) is 0 Å². The fraction of sp³-hybridized carbons (Fsp3) is 0.889. The van der Waals surface area contributed by atoms with Crippen LogP contribution in [-0.4, -0.2) is 119 Å². The van der Waals surface area contributed by atoms with Gasteiger partial charge in [0.25, 0.3) is 0 Å². The molecule has 0 saturated carbocycles. The van der Waals surface area contributed by atoms with E-state index in [0.29, 0.717) is 19.3 Å². The molecule has 11 atom stereocenters. The van der Waals surface area contributed by atoms with Crippen LogP contribution in [0.1, 0.15) is 113 Å². The molecule has 0 spiro atoms. The average molecular weight is 735 g/mol. The van der Waals surface area contributed by atoms with E-state index >= 15 is 0 Å². The number of carbonyl (C=O) groups is 4. The molecule has 2 rings (SSSR count). The third kappa shape index (κ3) is 12.6. The van der Waals surface area contributed by atoms with E-state index < -0.39 is 116 Å². The molecule has 0 amide bonds. The highest BCUT2D eigenvalue weighted by atomic mass is 16.8. The van der Waals surface area contributed by atoms with Crippen molar-refractivity contribution in [2.75, 3.05) is 19.8 Å². The molecule has 2 heterocycles. The van der Waals surface area contributed by atoms with Crippen LogP contribution in [0.2, 0.25) is 0 Å². The lowest BCUT2D eigenvalue weighted by molar-refractivity contribution is -0.384. The van der Waals surface area contributed by atoms with E-state index in [9.17, 15) is 39.6 Å². The van der Waals surface area contributed by atoms with E-state index in [1.54, 1.807) is 41.5 Å². The molecule has 0 bridgehead atoms. The first kappa shape index (κ1) is 44.8. The van der Waals surface area contributed by atoms with Crippen LogP contribution in [0, 0.1) is 17.8 Å². The van der Waals surface area contributed by atoms with Gasteiger partial charge in [0.05, 0.1) is 31.0 Å². The maximum atomic E-state index is 13.3. The first-order valence-electron chi connectivity index (χ1n) is 18.6. The second kappa shape index (κ2) is 22.0. The minimum absolute atomic E-state index is 0.0179. The molecule has 2 saturated heterocycles. The van der Waals surface area contributed by atoms with Crippen molar-refractivity contribution in [3.63, 3.8) is 0 Å². The molecule has 15 heteroatoms. The number of aliphatic hydroxyl groups excluding tert-OH is 4. The van der Waals surface area contributed by atoms with Gasteiger partial charge in [-0.25, -0.2) is 0 Å². The first-order chi connectivity index (χ1) is 24.2. The normalized spacial score (nSPS) is 30.4. The predicted octanol–water partition coefficient (Wildman–Crippen LogP) is 2.70. The Morgan fingerprint density at radius 2 is 1.29 bits per heavy atom. The van der Waals surface area contributed by atoms with Crippen molar-refractivity contribution in [2.45, 2.75) is 167 Å². The highest BCUT2D eigenvalue weighted by Gasteiger charge is 2.63. The Bertz CT molecular complexity index is 1080. The molecule has 0 aromatic rings. The van der Waals surface area contributed by atoms with Gasteiger partial charge >= 0.3 is 23.9 Å². The van der Waals surface area contributed by atoms with Crippen molar-refractivity contribution in [1.29, 1.82) is 0 Å². The van der Waals surface area contributed by atoms with Crippen molar-refractivity contribution in [1.82, 2.24) is 0 Å². The van der Waals surface area contributed by atoms with E-state index in [1.165, 1.54) is 0 Å². The van der Waals surface area contributed by atoms with Crippen LogP contribution in [0.15, 0.2) is 0 Å². The lowest BCUT2D eigenvalue weighted by atomic mass is 9.97. The van der Waals surface area contributed by atoms with Gasteiger partial charge in [0.1, 0.15) is 31.0 Å². The Balaban J connectivity index is 2.56. The van der Waals surface area contributed by atoms with Crippen molar-refractivity contribution < 1.29 is 72.8 Å². The smallest absolute Gasteiger partial charge is 0.309 e. The van der Waals surface area contributed by atoms with Gasteiger partial charge in [-0.05, 0) is 19.3 Å². The summed E-state index contributed by atoms with van der Waals surface area (Å²) in [6.07, 6.45) is -5.71. The minimum atomic E-state index is -2.37. The van der Waals surface area contributed by atoms with Crippen molar-refractivity contribution in [2.24, 2.45) is 17.8 Å². The lowest BCUT2D eigenvalue weighted by Crippen LogP contribution is -2.65. The summed E-state index contributed by atoms with van der Waals surface area (Å²) in [5.74, 6) is -7.13. The molecule has 2 fully saturated rings. The zero-order valence-corrected chi connectivity index (χ0v) is 31.3. The third-order valence-corrected chi connectivity index (χ3v) is 9.43. The van der Waals surface area contributed by atoms with Gasteiger partial charge in [-0.15, -0.1) is 0 Å². The number of rotatable bonds is 22. The Kier molecular flexibility index (Phi) is 19.3. The van der Waals surface area contributed by atoms with E-state index in [4.69, 9.17) is 33.2 Å². The van der Waals surface area contributed by atoms with Crippen LogP contribution in [0.25, 0.3) is 0 Å². The summed E-state index contributed by atoms with van der Waals surface area (Å²) < 4.78 is 40.9. The van der Waals surface area contributed by atoms with Gasteiger partial charge in [-0.2, -0.15) is 0 Å². The molecule has 296 valence electrons. The third-order valence-electron chi connectivity index (χ3n) is 9.43. The number of hydrogen-bond donors (Lipinski definition) is 4. The molecule has 2 aliphatic rings. The Hall–Kier alpha value is -2.40. The topological polar surface area (TPSA) is 214 Å². The molecular weight excluding hydrogens is 672 g/mol. The monoisotopic (exact) mass is 734 g/mol. The zero-order chi connectivity index (χ0) is 38.3. The number of ether oxygens (including phenoxy) is 7. The lowest BCUT2D eigenvalue weighted by Gasteiger charge is -2.46. The fourth-order valence-electron chi connectivity index (χ4n) is 5.59. The molecule has 2 unspecified atom stereocenters.